The molecule has 4 aromatic heterocycles. The molecule has 0 spiro atoms. The molecule has 0 unspecified atom stereocenters. The van der Waals surface area contributed by atoms with Crippen LogP contribution in [0, 0.1) is 6.92 Å². The number of carbonyl (C=O) groups is 1. The molecule has 1 saturated heterocycles. The molecule has 0 aliphatic carbocycles. The average Bonchev–Trinajstić information content (AvgIpc) is 3.57. The molecule has 1 amide bonds. The summed E-state index contributed by atoms with van der Waals surface area (Å²) >= 11 is 4.94. The lowest BCUT2D eigenvalue weighted by Crippen LogP contribution is -2.44. The molecule has 0 bridgehead atoms. The number of piperidine rings is 1. The first-order chi connectivity index (χ1) is 18.8. The Labute approximate surface area is 226 Å². The molecule has 1 N–H and O–H groups in total. The van der Waals surface area contributed by atoms with Crippen molar-refractivity contribution in [3.8, 4) is 11.5 Å². The molecule has 6 rings (SSSR count). The van der Waals surface area contributed by atoms with Crippen molar-refractivity contribution in [2.45, 2.75) is 31.1 Å². The molecule has 0 atom stereocenters. The van der Waals surface area contributed by atoms with Crippen molar-refractivity contribution in [2.24, 2.45) is 0 Å². The minimum atomic E-state index is -3.88. The molecule has 0 radical (unpaired) electrons. The highest BCUT2D eigenvalue weighted by Gasteiger charge is 2.41. The van der Waals surface area contributed by atoms with Crippen LogP contribution in [0.1, 0.15) is 29.9 Å². The van der Waals surface area contributed by atoms with Gasteiger partial charge in [-0.2, -0.15) is 19.0 Å². The Hall–Kier alpha value is -4.32. The second kappa shape index (κ2) is 9.77. The van der Waals surface area contributed by atoms with Gasteiger partial charge in [0.2, 0.25) is 0 Å². The topological polar surface area (TPSA) is 102 Å². The third-order valence-electron chi connectivity index (χ3n) is 6.87. The van der Waals surface area contributed by atoms with Gasteiger partial charge in [-0.1, -0.05) is 0 Å². The first-order valence-corrected chi connectivity index (χ1v) is 12.7. The van der Waals surface area contributed by atoms with Crippen LogP contribution >= 0.6 is 11.6 Å². The van der Waals surface area contributed by atoms with Crippen LogP contribution in [0.15, 0.2) is 61.4 Å². The van der Waals surface area contributed by atoms with E-state index in [1.807, 2.05) is 49.5 Å². The largest absolute Gasteiger partial charge is 0.457 e. The van der Waals surface area contributed by atoms with E-state index < -0.39 is 11.3 Å². The van der Waals surface area contributed by atoms with Crippen LogP contribution in [-0.2, 0) is 4.79 Å². The zero-order valence-electron chi connectivity index (χ0n) is 20.8. The summed E-state index contributed by atoms with van der Waals surface area (Å²) < 4.78 is 36.0. The summed E-state index contributed by atoms with van der Waals surface area (Å²) in [5, 5.41) is 7.91. The van der Waals surface area contributed by atoms with E-state index in [9.17, 15) is 13.6 Å². The summed E-state index contributed by atoms with van der Waals surface area (Å²) in [4.78, 5) is 21.7. The SMILES string of the molecule is Cc1cc(Nc2ncnn3ccc(C4CCN(C(=O)C(F)(F)Cl)CC4)c23)ccc1Oc1ccn2ncnc2c1. The summed E-state index contributed by atoms with van der Waals surface area (Å²) in [6.45, 7) is 2.35. The number of aryl methyl sites for hydroxylation is 1. The Balaban J connectivity index is 1.20. The number of hydrogen-bond donors (Lipinski definition) is 1. The smallest absolute Gasteiger partial charge is 0.399 e. The summed E-state index contributed by atoms with van der Waals surface area (Å²) in [6.07, 6.45) is 7.63. The van der Waals surface area contributed by atoms with Crippen LogP contribution < -0.4 is 10.1 Å². The molecule has 5 aromatic rings. The number of fused-ring (bicyclic) bond motifs is 2. The van der Waals surface area contributed by atoms with Crippen molar-refractivity contribution >= 4 is 40.2 Å². The van der Waals surface area contributed by atoms with Gasteiger partial charge in [-0.15, -0.1) is 0 Å². The number of amides is 1. The van der Waals surface area contributed by atoms with E-state index in [1.54, 1.807) is 15.2 Å². The zero-order chi connectivity index (χ0) is 27.1. The van der Waals surface area contributed by atoms with Crippen LogP contribution in [-0.4, -0.2) is 58.5 Å². The Morgan fingerprint density at radius 2 is 1.79 bits per heavy atom. The van der Waals surface area contributed by atoms with E-state index >= 15 is 0 Å². The van der Waals surface area contributed by atoms with Crippen LogP contribution in [0.5, 0.6) is 11.5 Å². The molecule has 39 heavy (non-hydrogen) atoms. The molecule has 1 aliphatic rings. The lowest BCUT2D eigenvalue weighted by Gasteiger charge is -2.32. The number of anilines is 2. The van der Waals surface area contributed by atoms with Crippen LogP contribution in [0.4, 0.5) is 20.3 Å². The van der Waals surface area contributed by atoms with Gasteiger partial charge in [0.15, 0.2) is 11.5 Å². The Morgan fingerprint density at radius 3 is 2.56 bits per heavy atom. The molecule has 5 heterocycles. The van der Waals surface area contributed by atoms with E-state index in [0.717, 1.165) is 27.2 Å². The van der Waals surface area contributed by atoms with Crippen molar-refractivity contribution in [1.29, 1.82) is 0 Å². The molecular weight excluding hydrogens is 530 g/mol. The molecule has 1 aromatic carbocycles. The second-order valence-electron chi connectivity index (χ2n) is 9.37. The maximum atomic E-state index is 13.3. The Morgan fingerprint density at radius 1 is 1.05 bits per heavy atom. The number of halogens is 3. The number of nitrogens with one attached hydrogen (secondary N) is 1. The van der Waals surface area contributed by atoms with Crippen molar-refractivity contribution in [1.82, 2.24) is 34.1 Å². The first kappa shape index (κ1) is 25.0. The standard InChI is InChI=1S/C26H23ClF2N8O2/c1-16-12-18(2-3-21(16)39-19-6-10-36-22(13-19)30-14-32-36)34-24-23-20(7-11-37(23)33-15-31-24)17-4-8-35(9-5-17)25(38)26(27,28)29/h2-3,6-7,10-15,17H,4-5,8-9H2,1H3,(H,31,33,34). The lowest BCUT2D eigenvalue weighted by atomic mass is 9.90. The fraction of sp³-hybridized carbons (Fsp3) is 0.269. The number of rotatable bonds is 6. The van der Waals surface area contributed by atoms with E-state index in [0.29, 0.717) is 35.8 Å². The Bertz CT molecular complexity index is 1670. The normalized spacial score (nSPS) is 14.7. The minimum Gasteiger partial charge on any atom is -0.457 e. The highest BCUT2D eigenvalue weighted by atomic mass is 35.5. The number of alkyl halides is 3. The molecule has 0 saturated carbocycles. The van der Waals surface area contributed by atoms with Gasteiger partial charge in [-0.3, -0.25) is 4.79 Å². The molecule has 13 heteroatoms. The lowest BCUT2D eigenvalue weighted by molar-refractivity contribution is -0.148. The third kappa shape index (κ3) is 4.94. The maximum Gasteiger partial charge on any atom is 0.399 e. The van der Waals surface area contributed by atoms with Gasteiger partial charge in [0.25, 0.3) is 0 Å². The molecule has 200 valence electrons. The fourth-order valence-electron chi connectivity index (χ4n) is 4.94. The Kier molecular flexibility index (Phi) is 6.26. The number of pyridine rings is 1. The third-order valence-corrected chi connectivity index (χ3v) is 7.03. The second-order valence-corrected chi connectivity index (χ2v) is 9.84. The van der Waals surface area contributed by atoms with Gasteiger partial charge < -0.3 is 15.0 Å². The maximum absolute atomic E-state index is 13.3. The quantitative estimate of drug-likeness (QED) is 0.290. The highest BCUT2D eigenvalue weighted by molar-refractivity contribution is 6.32. The van der Waals surface area contributed by atoms with E-state index in [4.69, 9.17) is 16.3 Å². The van der Waals surface area contributed by atoms with Gasteiger partial charge in [-0.05, 0) is 78.7 Å². The monoisotopic (exact) mass is 552 g/mol. The average molecular weight is 553 g/mol. The number of ether oxygens (including phenoxy) is 1. The van der Waals surface area contributed by atoms with E-state index in [2.05, 4.69) is 25.5 Å². The van der Waals surface area contributed by atoms with Crippen LogP contribution in [0.25, 0.3) is 11.2 Å². The molecular formula is C26H23ClF2N8O2. The van der Waals surface area contributed by atoms with Gasteiger partial charge >= 0.3 is 11.3 Å². The van der Waals surface area contributed by atoms with Gasteiger partial charge in [0.05, 0.1) is 0 Å². The summed E-state index contributed by atoms with van der Waals surface area (Å²) in [5.41, 5.74) is 4.20. The van der Waals surface area contributed by atoms with Crippen molar-refractivity contribution < 1.29 is 18.3 Å². The molecule has 10 nitrogen and oxygen atoms in total. The van der Waals surface area contributed by atoms with Crippen molar-refractivity contribution in [3.05, 3.63) is 72.6 Å². The predicted octanol–water partition coefficient (Wildman–Crippen LogP) is 5.15. The predicted molar refractivity (Wildman–Crippen MR) is 140 cm³/mol. The number of likely N-dealkylation sites (tertiary alicyclic amines) is 1. The zero-order valence-corrected chi connectivity index (χ0v) is 21.5. The number of carbonyl (C=O) groups excluding carboxylic acids is 1. The molecule has 1 fully saturated rings. The van der Waals surface area contributed by atoms with Crippen LogP contribution in [0.3, 0.4) is 0 Å². The number of nitrogens with zero attached hydrogens (tertiary/aromatic N) is 7. The summed E-state index contributed by atoms with van der Waals surface area (Å²) in [7, 11) is 0. The first-order valence-electron chi connectivity index (χ1n) is 12.3. The van der Waals surface area contributed by atoms with Crippen LogP contribution in [0.2, 0.25) is 0 Å². The van der Waals surface area contributed by atoms with Crippen molar-refractivity contribution in [3.63, 3.8) is 0 Å². The highest BCUT2D eigenvalue weighted by Crippen LogP contribution is 2.36. The molecule has 1 aliphatic heterocycles. The minimum absolute atomic E-state index is 0.0506. The van der Waals surface area contributed by atoms with Gasteiger partial charge in [0.1, 0.15) is 29.7 Å². The van der Waals surface area contributed by atoms with Crippen molar-refractivity contribution in [2.75, 3.05) is 18.4 Å². The summed E-state index contributed by atoms with van der Waals surface area (Å²) in [5.74, 6) is 0.661. The van der Waals surface area contributed by atoms with E-state index in [-0.39, 0.29) is 19.0 Å². The number of hydrogen-bond acceptors (Lipinski definition) is 7. The summed E-state index contributed by atoms with van der Waals surface area (Å²) in [6, 6.07) is 11.3. The van der Waals surface area contributed by atoms with Gasteiger partial charge in [-0.25, -0.2) is 19.0 Å². The van der Waals surface area contributed by atoms with E-state index in [1.165, 1.54) is 12.7 Å². The van der Waals surface area contributed by atoms with Gasteiger partial charge in [0, 0.05) is 37.2 Å². The number of benzene rings is 1. The number of aromatic nitrogens is 6. The fourth-order valence-corrected chi connectivity index (χ4v) is 5.06.